The van der Waals surface area contributed by atoms with E-state index in [9.17, 15) is 0 Å². The van der Waals surface area contributed by atoms with Crippen LogP contribution < -0.4 is 5.32 Å². The first-order valence-electron chi connectivity index (χ1n) is 6.60. The number of ether oxygens (including phenoxy) is 1. The molecule has 0 bridgehead atoms. The average molecular weight is 292 g/mol. The van der Waals surface area contributed by atoms with Gasteiger partial charge in [0.1, 0.15) is 11.0 Å². The maximum absolute atomic E-state index is 6.04. The number of nitrogens with zero attached hydrogens (tertiary/aromatic N) is 2. The van der Waals surface area contributed by atoms with Crippen LogP contribution in [0.25, 0.3) is 11.4 Å². The molecule has 1 aromatic carbocycles. The minimum Gasteiger partial charge on any atom is -0.377 e. The molecule has 2 aromatic rings. The van der Waals surface area contributed by atoms with Gasteiger partial charge in [-0.1, -0.05) is 41.9 Å². The highest BCUT2D eigenvalue weighted by atomic mass is 35.5. The number of halogens is 1. The van der Waals surface area contributed by atoms with Crippen molar-refractivity contribution in [3.8, 4) is 11.4 Å². The molecule has 0 aliphatic rings. The third-order valence-electron chi connectivity index (χ3n) is 2.59. The molecule has 0 aliphatic carbocycles. The maximum Gasteiger partial charge on any atom is 0.163 e. The lowest BCUT2D eigenvalue weighted by molar-refractivity contribution is 0.0870. The second-order valence-electron chi connectivity index (χ2n) is 4.61. The summed E-state index contributed by atoms with van der Waals surface area (Å²) in [6.45, 7) is 5.32. The van der Waals surface area contributed by atoms with Crippen LogP contribution in [0, 0.1) is 0 Å². The van der Waals surface area contributed by atoms with E-state index in [1.54, 1.807) is 6.07 Å². The summed E-state index contributed by atoms with van der Waals surface area (Å²) in [6.07, 6.45) is 0.227. The Labute approximate surface area is 124 Å². The first kappa shape index (κ1) is 14.8. The van der Waals surface area contributed by atoms with Gasteiger partial charge in [0.15, 0.2) is 5.82 Å². The number of hydrogen-bond donors (Lipinski definition) is 1. The van der Waals surface area contributed by atoms with Gasteiger partial charge in [-0.3, -0.25) is 0 Å². The predicted molar refractivity (Wildman–Crippen MR) is 82.1 cm³/mol. The van der Waals surface area contributed by atoms with Gasteiger partial charge in [-0.05, 0) is 13.8 Å². The van der Waals surface area contributed by atoms with Crippen LogP contribution in [0.4, 0.5) is 5.82 Å². The zero-order valence-corrected chi connectivity index (χ0v) is 12.4. The smallest absolute Gasteiger partial charge is 0.163 e. The predicted octanol–water partition coefficient (Wildman–Crippen LogP) is 3.63. The molecule has 0 spiro atoms. The topological polar surface area (TPSA) is 47.0 Å². The Morgan fingerprint density at radius 2 is 1.95 bits per heavy atom. The Morgan fingerprint density at radius 3 is 2.65 bits per heavy atom. The lowest BCUT2D eigenvalue weighted by atomic mass is 10.2. The molecule has 0 saturated heterocycles. The van der Waals surface area contributed by atoms with E-state index in [1.165, 1.54) is 0 Å². The number of benzene rings is 1. The van der Waals surface area contributed by atoms with Gasteiger partial charge in [0.2, 0.25) is 0 Å². The first-order chi connectivity index (χ1) is 9.65. The highest BCUT2D eigenvalue weighted by Gasteiger charge is 2.05. The maximum atomic E-state index is 6.04. The normalized spacial score (nSPS) is 10.8. The molecular weight excluding hydrogens is 274 g/mol. The summed E-state index contributed by atoms with van der Waals surface area (Å²) in [5.41, 5.74) is 0.941. The molecule has 4 nitrogen and oxygen atoms in total. The van der Waals surface area contributed by atoms with E-state index in [1.807, 2.05) is 44.2 Å². The molecule has 20 heavy (non-hydrogen) atoms. The lowest BCUT2D eigenvalue weighted by Gasteiger charge is -2.10. The van der Waals surface area contributed by atoms with Crippen molar-refractivity contribution in [1.82, 2.24) is 9.97 Å². The highest BCUT2D eigenvalue weighted by Crippen LogP contribution is 2.19. The van der Waals surface area contributed by atoms with Gasteiger partial charge in [-0.25, -0.2) is 9.97 Å². The molecule has 0 fully saturated rings. The van der Waals surface area contributed by atoms with Crippen molar-refractivity contribution in [1.29, 1.82) is 0 Å². The van der Waals surface area contributed by atoms with Crippen LogP contribution in [-0.2, 0) is 4.74 Å². The fourth-order valence-corrected chi connectivity index (χ4v) is 1.88. The molecule has 1 N–H and O–H groups in total. The summed E-state index contributed by atoms with van der Waals surface area (Å²) in [7, 11) is 0. The molecule has 0 unspecified atom stereocenters. The largest absolute Gasteiger partial charge is 0.377 e. The zero-order valence-electron chi connectivity index (χ0n) is 11.6. The van der Waals surface area contributed by atoms with E-state index >= 15 is 0 Å². The first-order valence-corrected chi connectivity index (χ1v) is 6.98. The number of nitrogens with one attached hydrogen (secondary N) is 1. The van der Waals surface area contributed by atoms with Crippen LogP contribution >= 0.6 is 11.6 Å². The Balaban J connectivity index is 2.05. The summed E-state index contributed by atoms with van der Waals surface area (Å²) in [5.74, 6) is 1.32. The van der Waals surface area contributed by atoms with Crippen molar-refractivity contribution in [2.24, 2.45) is 0 Å². The summed E-state index contributed by atoms with van der Waals surface area (Å²) in [4.78, 5) is 8.70. The number of aromatic nitrogens is 2. The summed E-state index contributed by atoms with van der Waals surface area (Å²) in [5, 5.41) is 3.61. The van der Waals surface area contributed by atoms with Crippen molar-refractivity contribution in [2.75, 3.05) is 18.5 Å². The summed E-state index contributed by atoms with van der Waals surface area (Å²) >= 11 is 6.04. The monoisotopic (exact) mass is 291 g/mol. The van der Waals surface area contributed by atoms with E-state index in [2.05, 4.69) is 15.3 Å². The fraction of sp³-hybridized carbons (Fsp3) is 0.333. The van der Waals surface area contributed by atoms with Crippen LogP contribution in [0.15, 0.2) is 36.4 Å². The molecule has 0 aliphatic heterocycles. The minimum atomic E-state index is 0.227. The van der Waals surface area contributed by atoms with Gasteiger partial charge >= 0.3 is 0 Å². The molecule has 0 amide bonds. The van der Waals surface area contributed by atoms with Crippen LogP contribution in [0.1, 0.15) is 13.8 Å². The van der Waals surface area contributed by atoms with Crippen molar-refractivity contribution in [2.45, 2.75) is 20.0 Å². The van der Waals surface area contributed by atoms with Gasteiger partial charge in [-0.2, -0.15) is 0 Å². The SMILES string of the molecule is CC(C)OCCNc1cc(Cl)nc(-c2ccccc2)n1. The van der Waals surface area contributed by atoms with Gasteiger partial charge in [-0.15, -0.1) is 0 Å². The lowest BCUT2D eigenvalue weighted by Crippen LogP contribution is -2.14. The van der Waals surface area contributed by atoms with Crippen LogP contribution in [-0.4, -0.2) is 29.2 Å². The van der Waals surface area contributed by atoms with Crippen LogP contribution in [0.5, 0.6) is 0 Å². The minimum absolute atomic E-state index is 0.227. The standard InChI is InChI=1S/C15H18ClN3O/c1-11(2)20-9-8-17-14-10-13(16)18-15(19-14)12-6-4-3-5-7-12/h3-7,10-11H,8-9H2,1-2H3,(H,17,18,19). The van der Waals surface area contributed by atoms with Gasteiger partial charge in [0.25, 0.3) is 0 Å². The third kappa shape index (κ3) is 4.47. The highest BCUT2D eigenvalue weighted by molar-refractivity contribution is 6.29. The number of anilines is 1. The van der Waals surface area contributed by atoms with Crippen molar-refractivity contribution in [3.05, 3.63) is 41.6 Å². The fourth-order valence-electron chi connectivity index (χ4n) is 1.70. The summed E-state index contributed by atoms with van der Waals surface area (Å²) < 4.78 is 5.47. The summed E-state index contributed by atoms with van der Waals surface area (Å²) in [6, 6.07) is 11.5. The number of hydrogen-bond acceptors (Lipinski definition) is 4. The molecule has 0 radical (unpaired) electrons. The van der Waals surface area contributed by atoms with E-state index in [4.69, 9.17) is 16.3 Å². The Bertz CT molecular complexity index is 546. The Morgan fingerprint density at radius 1 is 1.20 bits per heavy atom. The average Bonchev–Trinajstić information content (AvgIpc) is 2.44. The van der Waals surface area contributed by atoms with E-state index in [-0.39, 0.29) is 6.10 Å². The molecular formula is C15H18ClN3O. The van der Waals surface area contributed by atoms with Crippen molar-refractivity contribution >= 4 is 17.4 Å². The molecule has 0 saturated carbocycles. The molecule has 0 atom stereocenters. The molecule has 1 aromatic heterocycles. The molecule has 5 heteroatoms. The molecule has 106 valence electrons. The van der Waals surface area contributed by atoms with Gasteiger partial charge in [0, 0.05) is 18.2 Å². The van der Waals surface area contributed by atoms with Crippen molar-refractivity contribution < 1.29 is 4.74 Å². The van der Waals surface area contributed by atoms with Gasteiger partial charge < -0.3 is 10.1 Å². The van der Waals surface area contributed by atoms with E-state index in [0.717, 1.165) is 5.56 Å². The molecule has 1 heterocycles. The van der Waals surface area contributed by atoms with Crippen molar-refractivity contribution in [3.63, 3.8) is 0 Å². The quantitative estimate of drug-likeness (QED) is 0.652. The second kappa shape index (κ2) is 7.22. The molecule has 2 rings (SSSR count). The third-order valence-corrected chi connectivity index (χ3v) is 2.78. The van der Waals surface area contributed by atoms with Gasteiger partial charge in [0.05, 0.1) is 12.7 Å². The van der Waals surface area contributed by atoms with Crippen LogP contribution in [0.3, 0.4) is 0 Å². The Hall–Kier alpha value is -1.65. The van der Waals surface area contributed by atoms with Crippen LogP contribution in [0.2, 0.25) is 5.15 Å². The zero-order chi connectivity index (χ0) is 14.4. The van der Waals surface area contributed by atoms with E-state index < -0.39 is 0 Å². The van der Waals surface area contributed by atoms with E-state index in [0.29, 0.717) is 29.9 Å². The second-order valence-corrected chi connectivity index (χ2v) is 5.00. The Kier molecular flexibility index (Phi) is 5.32. The number of rotatable bonds is 6.